The van der Waals surface area contributed by atoms with E-state index >= 15 is 0 Å². The highest BCUT2D eigenvalue weighted by Crippen LogP contribution is 2.43. The number of hydrogen-bond acceptors (Lipinski definition) is 6. The first-order chi connectivity index (χ1) is 11.5. The van der Waals surface area contributed by atoms with Crippen LogP contribution in [0.5, 0.6) is 5.88 Å². The third kappa shape index (κ3) is 2.74. The largest absolute Gasteiger partial charge is 0.492 e. The molecule has 1 saturated heterocycles. The number of fused-ring (bicyclic) bond motifs is 1. The topological polar surface area (TPSA) is 53.7 Å². The van der Waals surface area contributed by atoms with Crippen LogP contribution in [0.15, 0.2) is 17.5 Å². The number of piperidine rings is 1. The van der Waals surface area contributed by atoms with Gasteiger partial charge in [0.2, 0.25) is 10.8 Å². The third-order valence-corrected chi connectivity index (χ3v) is 6.63. The maximum Gasteiger partial charge on any atom is 0.230 e. The fourth-order valence-electron chi connectivity index (χ4n) is 3.87. The Morgan fingerprint density at radius 3 is 2.67 bits per heavy atom. The maximum atomic E-state index is 10.8. The molecule has 0 aliphatic carbocycles. The molecule has 1 N–H and O–H groups in total. The summed E-state index contributed by atoms with van der Waals surface area (Å²) in [5.74, 6) is 2.27. The maximum absolute atomic E-state index is 10.8. The zero-order valence-electron chi connectivity index (χ0n) is 14.1. The average molecular weight is 363 g/mol. The first-order valence-corrected chi connectivity index (χ1v) is 10.0. The van der Waals surface area contributed by atoms with E-state index in [-0.39, 0.29) is 11.9 Å². The Bertz CT molecular complexity index is 828. The Morgan fingerprint density at radius 1 is 1.29 bits per heavy atom. The molecule has 0 aromatic carbocycles. The van der Waals surface area contributed by atoms with Crippen molar-refractivity contribution in [3.05, 3.63) is 33.1 Å². The van der Waals surface area contributed by atoms with Gasteiger partial charge in [-0.1, -0.05) is 31.3 Å². The molecule has 3 aromatic heterocycles. The Hall–Kier alpha value is -1.44. The summed E-state index contributed by atoms with van der Waals surface area (Å²) in [5.41, 5.74) is 0. The van der Waals surface area contributed by atoms with Gasteiger partial charge in [-0.25, -0.2) is 4.98 Å². The molecule has 4 heterocycles. The molecule has 0 radical (unpaired) electrons. The second-order valence-electron chi connectivity index (χ2n) is 6.96. The molecule has 4 rings (SSSR count). The third-order valence-electron chi connectivity index (χ3n) is 4.63. The van der Waals surface area contributed by atoms with Crippen molar-refractivity contribution in [3.8, 4) is 5.88 Å². The van der Waals surface area contributed by atoms with Crippen LogP contribution in [0, 0.1) is 18.8 Å². The van der Waals surface area contributed by atoms with Crippen LogP contribution in [0.25, 0.3) is 4.96 Å². The first-order valence-electron chi connectivity index (χ1n) is 8.35. The predicted molar refractivity (Wildman–Crippen MR) is 97.9 cm³/mol. The van der Waals surface area contributed by atoms with Gasteiger partial charge in [-0.05, 0) is 36.6 Å². The smallest absolute Gasteiger partial charge is 0.230 e. The van der Waals surface area contributed by atoms with E-state index in [0.717, 1.165) is 22.9 Å². The number of aromatic hydroxyl groups is 1. The predicted octanol–water partition coefficient (Wildman–Crippen LogP) is 3.93. The van der Waals surface area contributed by atoms with E-state index < -0.39 is 0 Å². The van der Waals surface area contributed by atoms with E-state index in [2.05, 4.69) is 46.3 Å². The van der Waals surface area contributed by atoms with Gasteiger partial charge >= 0.3 is 0 Å². The van der Waals surface area contributed by atoms with E-state index in [1.54, 1.807) is 27.2 Å². The van der Waals surface area contributed by atoms with Crippen molar-refractivity contribution in [2.24, 2.45) is 11.8 Å². The summed E-state index contributed by atoms with van der Waals surface area (Å²) in [7, 11) is 0. The first kappa shape index (κ1) is 16.1. The molecular weight excluding hydrogens is 340 g/mol. The molecule has 1 fully saturated rings. The van der Waals surface area contributed by atoms with E-state index in [4.69, 9.17) is 0 Å². The quantitative estimate of drug-likeness (QED) is 0.767. The van der Waals surface area contributed by atoms with Crippen LogP contribution in [-0.4, -0.2) is 37.7 Å². The fourth-order valence-corrected chi connectivity index (χ4v) is 5.97. The molecule has 3 atom stereocenters. The number of thiophene rings is 1. The highest BCUT2D eigenvalue weighted by molar-refractivity contribution is 7.17. The lowest BCUT2D eigenvalue weighted by Crippen LogP contribution is -2.41. The van der Waals surface area contributed by atoms with Crippen LogP contribution >= 0.6 is 22.7 Å². The number of rotatable bonds is 3. The minimum absolute atomic E-state index is 0.0870. The van der Waals surface area contributed by atoms with Crippen LogP contribution < -0.4 is 0 Å². The van der Waals surface area contributed by atoms with Gasteiger partial charge in [-0.3, -0.25) is 4.90 Å². The molecule has 0 unspecified atom stereocenters. The Labute approximate surface area is 149 Å². The molecule has 5 nitrogen and oxygen atoms in total. The zero-order valence-corrected chi connectivity index (χ0v) is 15.8. The van der Waals surface area contributed by atoms with Crippen molar-refractivity contribution < 1.29 is 5.11 Å². The van der Waals surface area contributed by atoms with Crippen LogP contribution in [0.4, 0.5) is 0 Å². The number of hydrogen-bond donors (Lipinski definition) is 1. The van der Waals surface area contributed by atoms with Gasteiger partial charge in [-0.2, -0.15) is 4.52 Å². The van der Waals surface area contributed by atoms with Gasteiger partial charge < -0.3 is 5.11 Å². The summed E-state index contributed by atoms with van der Waals surface area (Å²) in [6.07, 6.45) is 1.27. The Kier molecular flexibility index (Phi) is 4.10. The molecule has 24 heavy (non-hydrogen) atoms. The number of thiazole rings is 1. The van der Waals surface area contributed by atoms with Gasteiger partial charge in [0.1, 0.15) is 5.82 Å². The van der Waals surface area contributed by atoms with Crippen molar-refractivity contribution in [1.82, 2.24) is 19.5 Å². The minimum Gasteiger partial charge on any atom is -0.492 e. The van der Waals surface area contributed by atoms with Gasteiger partial charge in [0.15, 0.2) is 0 Å². The summed E-state index contributed by atoms with van der Waals surface area (Å²) in [4.78, 5) is 9.93. The zero-order chi connectivity index (χ0) is 16.8. The van der Waals surface area contributed by atoms with Crippen LogP contribution in [0.3, 0.4) is 0 Å². The summed E-state index contributed by atoms with van der Waals surface area (Å²) in [6.45, 7) is 8.60. The van der Waals surface area contributed by atoms with Crippen LogP contribution in [0.1, 0.15) is 41.9 Å². The van der Waals surface area contributed by atoms with E-state index in [1.807, 2.05) is 6.92 Å². The highest BCUT2D eigenvalue weighted by atomic mass is 32.1. The summed E-state index contributed by atoms with van der Waals surface area (Å²) < 4.78 is 1.58. The lowest BCUT2D eigenvalue weighted by atomic mass is 9.90. The SMILES string of the molecule is Cc1nc2sc([C@H](c3cccs3)N3C[C@H](C)C[C@H](C)C3)c(O)n2n1. The molecule has 1 aliphatic rings. The molecule has 128 valence electrons. The van der Waals surface area contributed by atoms with Crippen molar-refractivity contribution >= 4 is 27.6 Å². The lowest BCUT2D eigenvalue weighted by molar-refractivity contribution is 0.113. The number of likely N-dealkylation sites (tertiary alicyclic amines) is 1. The van der Waals surface area contributed by atoms with Crippen molar-refractivity contribution in [2.75, 3.05) is 13.1 Å². The molecule has 3 aromatic rings. The summed E-state index contributed by atoms with van der Waals surface area (Å²) in [5, 5.41) is 17.2. The van der Waals surface area contributed by atoms with Gasteiger partial charge in [0.05, 0.1) is 10.9 Å². The second kappa shape index (κ2) is 6.13. The molecule has 7 heteroatoms. The molecule has 0 spiro atoms. The van der Waals surface area contributed by atoms with E-state index in [1.165, 1.54) is 11.3 Å². The number of aryl methyl sites for hydroxylation is 1. The van der Waals surface area contributed by atoms with Gasteiger partial charge in [0, 0.05) is 18.0 Å². The van der Waals surface area contributed by atoms with E-state index in [9.17, 15) is 5.11 Å². The fraction of sp³-hybridized carbons (Fsp3) is 0.529. The number of nitrogens with zero attached hydrogens (tertiary/aromatic N) is 4. The standard InChI is InChI=1S/C17H22N4OS2/c1-10-7-11(2)9-20(8-10)14(13-5-4-6-23-13)15-16(22)21-17(24-15)18-12(3)19-21/h4-6,10-11,14,22H,7-9H2,1-3H3/t10-,11+,14-/m0/s1. The van der Waals surface area contributed by atoms with Crippen LogP contribution in [0.2, 0.25) is 0 Å². The second-order valence-corrected chi connectivity index (χ2v) is 8.95. The van der Waals surface area contributed by atoms with E-state index in [0.29, 0.717) is 17.7 Å². The minimum atomic E-state index is 0.0870. The molecule has 1 aliphatic heterocycles. The molecular formula is C17H22N4OS2. The van der Waals surface area contributed by atoms with Crippen LogP contribution in [-0.2, 0) is 0 Å². The molecule has 0 saturated carbocycles. The van der Waals surface area contributed by atoms with Gasteiger partial charge in [0.25, 0.3) is 0 Å². The summed E-state index contributed by atoms with van der Waals surface area (Å²) in [6, 6.07) is 4.34. The van der Waals surface area contributed by atoms with Crippen molar-refractivity contribution in [2.45, 2.75) is 33.2 Å². The normalized spacial score (nSPS) is 23.8. The Balaban J connectivity index is 1.80. The average Bonchev–Trinajstić information content (AvgIpc) is 3.20. The monoisotopic (exact) mass is 362 g/mol. The number of aromatic nitrogens is 3. The summed E-state index contributed by atoms with van der Waals surface area (Å²) >= 11 is 3.30. The molecule has 0 amide bonds. The molecule has 0 bridgehead atoms. The van der Waals surface area contributed by atoms with Crippen molar-refractivity contribution in [1.29, 1.82) is 0 Å². The van der Waals surface area contributed by atoms with Crippen molar-refractivity contribution in [3.63, 3.8) is 0 Å². The lowest BCUT2D eigenvalue weighted by Gasteiger charge is -2.39. The van der Waals surface area contributed by atoms with Gasteiger partial charge in [-0.15, -0.1) is 16.4 Å². The Morgan fingerprint density at radius 2 is 2.04 bits per heavy atom. The highest BCUT2D eigenvalue weighted by Gasteiger charge is 2.34.